The van der Waals surface area contributed by atoms with E-state index in [0.717, 1.165) is 12.1 Å². The second-order valence-electron chi connectivity index (χ2n) is 4.54. The number of benzene rings is 1. The summed E-state index contributed by atoms with van der Waals surface area (Å²) in [4.78, 5) is 1.52. The van der Waals surface area contributed by atoms with Crippen LogP contribution in [0.3, 0.4) is 0 Å². The molecule has 1 heterocycles. The van der Waals surface area contributed by atoms with E-state index in [1.165, 1.54) is 11.0 Å². The average molecular weight is 358 g/mol. The maximum absolute atomic E-state index is 13.3. The molecule has 1 atom stereocenters. The number of phenols is 1. The summed E-state index contributed by atoms with van der Waals surface area (Å²) < 4.78 is 40.0. The first kappa shape index (κ1) is 20.8. The summed E-state index contributed by atoms with van der Waals surface area (Å²) in [6.07, 6.45) is -2.74. The second kappa shape index (κ2) is 9.06. The van der Waals surface area contributed by atoms with Crippen LogP contribution in [-0.2, 0) is 0 Å². The quantitative estimate of drug-likeness (QED) is 0.872. The van der Waals surface area contributed by atoms with Crippen LogP contribution in [0.5, 0.6) is 5.75 Å². The van der Waals surface area contributed by atoms with E-state index in [-0.39, 0.29) is 30.4 Å². The molecule has 0 bridgehead atoms. The lowest BCUT2D eigenvalue weighted by molar-refractivity contribution is 0.0169. The topological polar surface area (TPSA) is 59.3 Å². The first-order valence-electron chi connectivity index (χ1n) is 6.20. The standard InChI is InChI=1S/C13H14F3N3O.2ClH/c14-10-2-1-8(12(20)9(10)7-17)11(13(15)16)19-5-3-18-4-6-19;;/h1-2,11,13,18,20H,3-6H2;2*1H/t11-;;/m0../s1. The molecule has 0 amide bonds. The Bertz CT molecular complexity index is 534. The largest absolute Gasteiger partial charge is 0.506 e. The van der Waals surface area contributed by atoms with Gasteiger partial charge in [-0.2, -0.15) is 5.26 Å². The van der Waals surface area contributed by atoms with Crippen molar-refractivity contribution in [1.29, 1.82) is 5.26 Å². The summed E-state index contributed by atoms with van der Waals surface area (Å²) in [6.45, 7) is 1.92. The van der Waals surface area contributed by atoms with Gasteiger partial charge >= 0.3 is 0 Å². The van der Waals surface area contributed by atoms with Crippen LogP contribution in [0.4, 0.5) is 13.2 Å². The molecule has 1 saturated heterocycles. The third-order valence-electron chi connectivity index (χ3n) is 3.37. The van der Waals surface area contributed by atoms with Gasteiger partial charge < -0.3 is 10.4 Å². The van der Waals surface area contributed by atoms with Crippen LogP contribution >= 0.6 is 24.8 Å². The molecule has 124 valence electrons. The number of nitriles is 1. The Kier molecular flexibility index (Phi) is 8.56. The van der Waals surface area contributed by atoms with Gasteiger partial charge in [-0.15, -0.1) is 24.8 Å². The Morgan fingerprint density at radius 2 is 1.82 bits per heavy atom. The highest BCUT2D eigenvalue weighted by Crippen LogP contribution is 2.36. The van der Waals surface area contributed by atoms with Gasteiger partial charge in [0.25, 0.3) is 6.43 Å². The van der Waals surface area contributed by atoms with Gasteiger partial charge in [0.15, 0.2) is 0 Å². The first-order chi connectivity index (χ1) is 9.56. The van der Waals surface area contributed by atoms with Crippen molar-refractivity contribution in [1.82, 2.24) is 10.2 Å². The fraction of sp³-hybridized carbons (Fsp3) is 0.462. The number of alkyl halides is 2. The molecule has 4 nitrogen and oxygen atoms in total. The van der Waals surface area contributed by atoms with Crippen molar-refractivity contribution in [2.75, 3.05) is 26.2 Å². The maximum Gasteiger partial charge on any atom is 0.258 e. The van der Waals surface area contributed by atoms with Gasteiger partial charge in [0.1, 0.15) is 29.2 Å². The molecule has 0 saturated carbocycles. The van der Waals surface area contributed by atoms with E-state index in [4.69, 9.17) is 5.26 Å². The molecule has 2 N–H and O–H groups in total. The molecule has 1 aliphatic rings. The fourth-order valence-corrected chi connectivity index (χ4v) is 2.38. The van der Waals surface area contributed by atoms with E-state index in [2.05, 4.69) is 5.32 Å². The molecule has 2 rings (SSSR count). The Balaban J connectivity index is 0.00000220. The van der Waals surface area contributed by atoms with Crippen LogP contribution in [-0.4, -0.2) is 42.6 Å². The molecule has 0 spiro atoms. The third kappa shape index (κ3) is 4.17. The van der Waals surface area contributed by atoms with Crippen LogP contribution in [0.2, 0.25) is 0 Å². The molecule has 0 aliphatic carbocycles. The first-order valence-corrected chi connectivity index (χ1v) is 6.20. The summed E-state index contributed by atoms with van der Waals surface area (Å²) in [7, 11) is 0. The van der Waals surface area contributed by atoms with Crippen molar-refractivity contribution in [3.63, 3.8) is 0 Å². The van der Waals surface area contributed by atoms with Crippen LogP contribution in [0.25, 0.3) is 0 Å². The lowest BCUT2D eigenvalue weighted by Crippen LogP contribution is -2.46. The highest BCUT2D eigenvalue weighted by atomic mass is 35.5. The third-order valence-corrected chi connectivity index (χ3v) is 3.37. The Hall–Kier alpha value is -1.20. The number of halogens is 5. The van der Waals surface area contributed by atoms with Crippen molar-refractivity contribution in [3.05, 3.63) is 29.1 Å². The van der Waals surface area contributed by atoms with Crippen molar-refractivity contribution in [2.24, 2.45) is 0 Å². The molecule has 1 aliphatic heterocycles. The van der Waals surface area contributed by atoms with Crippen LogP contribution in [0, 0.1) is 17.1 Å². The number of hydrogen-bond donors (Lipinski definition) is 2. The van der Waals surface area contributed by atoms with E-state index >= 15 is 0 Å². The predicted molar refractivity (Wildman–Crippen MR) is 80.5 cm³/mol. The highest BCUT2D eigenvalue weighted by molar-refractivity contribution is 5.85. The highest BCUT2D eigenvalue weighted by Gasteiger charge is 2.33. The molecular weight excluding hydrogens is 342 g/mol. The number of piperazine rings is 1. The molecule has 0 radical (unpaired) electrons. The van der Waals surface area contributed by atoms with Gasteiger partial charge in [-0.1, -0.05) is 6.07 Å². The summed E-state index contributed by atoms with van der Waals surface area (Å²) in [5, 5.41) is 21.7. The van der Waals surface area contributed by atoms with Gasteiger partial charge in [-0.05, 0) is 6.07 Å². The predicted octanol–water partition coefficient (Wildman–Crippen LogP) is 2.46. The Labute approximate surface area is 138 Å². The number of nitrogens with one attached hydrogen (secondary N) is 1. The minimum Gasteiger partial charge on any atom is -0.506 e. The molecule has 22 heavy (non-hydrogen) atoms. The van der Waals surface area contributed by atoms with E-state index in [1.807, 2.05) is 0 Å². The second-order valence-corrected chi connectivity index (χ2v) is 4.54. The molecule has 0 aromatic heterocycles. The normalized spacial score (nSPS) is 16.3. The molecule has 1 aromatic carbocycles. The lowest BCUT2D eigenvalue weighted by atomic mass is 10.0. The Morgan fingerprint density at radius 3 is 2.32 bits per heavy atom. The number of phenolic OH excluding ortho intramolecular Hbond substituents is 1. The van der Waals surface area contributed by atoms with Gasteiger partial charge in [-0.25, -0.2) is 13.2 Å². The molecule has 0 unspecified atom stereocenters. The summed E-state index contributed by atoms with van der Waals surface area (Å²) in [5.41, 5.74) is -0.705. The van der Waals surface area contributed by atoms with Crippen molar-refractivity contribution in [3.8, 4) is 11.8 Å². The van der Waals surface area contributed by atoms with Crippen LogP contribution < -0.4 is 5.32 Å². The van der Waals surface area contributed by atoms with Crippen LogP contribution in [0.15, 0.2) is 12.1 Å². The zero-order chi connectivity index (χ0) is 14.7. The summed E-state index contributed by atoms with van der Waals surface area (Å²) >= 11 is 0. The van der Waals surface area contributed by atoms with Crippen molar-refractivity contribution >= 4 is 24.8 Å². The Morgan fingerprint density at radius 1 is 1.23 bits per heavy atom. The van der Waals surface area contributed by atoms with Crippen molar-refractivity contribution in [2.45, 2.75) is 12.5 Å². The van der Waals surface area contributed by atoms with E-state index < -0.39 is 29.6 Å². The number of nitrogens with zero attached hydrogens (tertiary/aromatic N) is 2. The SMILES string of the molecule is Cl.Cl.N#Cc1c(F)ccc([C@@H](C(F)F)N2CCNCC2)c1O. The number of aromatic hydroxyl groups is 1. The summed E-state index contributed by atoms with van der Waals surface area (Å²) in [5.74, 6) is -1.61. The lowest BCUT2D eigenvalue weighted by Gasteiger charge is -2.35. The van der Waals surface area contributed by atoms with Gasteiger partial charge in [0.05, 0.1) is 0 Å². The molecule has 1 aromatic rings. The average Bonchev–Trinajstić information content (AvgIpc) is 2.43. The number of hydrogen-bond acceptors (Lipinski definition) is 4. The zero-order valence-electron chi connectivity index (χ0n) is 11.4. The maximum atomic E-state index is 13.3. The summed E-state index contributed by atoms with van der Waals surface area (Å²) in [6, 6.07) is 2.21. The van der Waals surface area contributed by atoms with E-state index in [9.17, 15) is 18.3 Å². The van der Waals surface area contributed by atoms with Gasteiger partial charge in [0, 0.05) is 31.7 Å². The molecular formula is C13H16Cl2F3N3O. The van der Waals surface area contributed by atoms with Gasteiger partial charge in [0.2, 0.25) is 0 Å². The van der Waals surface area contributed by atoms with Crippen molar-refractivity contribution < 1.29 is 18.3 Å². The van der Waals surface area contributed by atoms with Gasteiger partial charge in [-0.3, -0.25) is 4.90 Å². The van der Waals surface area contributed by atoms with Crippen LogP contribution in [0.1, 0.15) is 17.2 Å². The van der Waals surface area contributed by atoms with E-state index in [0.29, 0.717) is 26.2 Å². The monoisotopic (exact) mass is 357 g/mol. The molecule has 1 fully saturated rings. The number of rotatable bonds is 3. The zero-order valence-corrected chi connectivity index (χ0v) is 13.1. The minimum absolute atomic E-state index is 0. The molecule has 9 heteroatoms. The fourth-order valence-electron chi connectivity index (χ4n) is 2.38. The minimum atomic E-state index is -2.74. The smallest absolute Gasteiger partial charge is 0.258 e. The van der Waals surface area contributed by atoms with E-state index in [1.54, 1.807) is 0 Å².